The minimum atomic E-state index is -0.402. The molecule has 2 aliphatic rings. The fraction of sp³-hybridized carbons (Fsp3) is 0.467. The van der Waals surface area contributed by atoms with Crippen molar-refractivity contribution in [3.63, 3.8) is 0 Å². The zero-order chi connectivity index (χ0) is 14.1. The Morgan fingerprint density at radius 2 is 2.10 bits per heavy atom. The highest BCUT2D eigenvalue weighted by Gasteiger charge is 2.51. The molecule has 0 spiro atoms. The summed E-state index contributed by atoms with van der Waals surface area (Å²) in [7, 11) is 0. The van der Waals surface area contributed by atoms with E-state index in [2.05, 4.69) is 0 Å². The number of aliphatic hydroxyl groups is 1. The van der Waals surface area contributed by atoms with Gasteiger partial charge in [-0.05, 0) is 12.1 Å². The number of carbonyl (C=O) groups is 2. The van der Waals surface area contributed by atoms with Crippen LogP contribution in [-0.4, -0.2) is 35.9 Å². The molecule has 0 bridgehead atoms. The Morgan fingerprint density at radius 3 is 2.80 bits per heavy atom. The Hall–Kier alpha value is -1.88. The van der Waals surface area contributed by atoms with E-state index in [9.17, 15) is 14.7 Å². The van der Waals surface area contributed by atoms with E-state index < -0.39 is 12.1 Å². The van der Waals surface area contributed by atoms with Crippen LogP contribution in [0.5, 0.6) is 0 Å². The Bertz CT molecular complexity index is 512. The van der Waals surface area contributed by atoms with Gasteiger partial charge in [-0.1, -0.05) is 18.2 Å². The lowest BCUT2D eigenvalue weighted by Gasteiger charge is -2.20. The number of benzene rings is 1. The molecule has 1 aromatic rings. The van der Waals surface area contributed by atoms with Crippen molar-refractivity contribution in [1.29, 1.82) is 0 Å². The average Bonchev–Trinajstić information content (AvgIpc) is 2.95. The number of aliphatic hydroxyl groups excluding tert-OH is 1. The smallest absolute Gasteiger partial charge is 0.338 e. The summed E-state index contributed by atoms with van der Waals surface area (Å²) in [4.78, 5) is 23.3. The van der Waals surface area contributed by atoms with Gasteiger partial charge in [0.05, 0.1) is 12.0 Å². The summed E-state index contributed by atoms with van der Waals surface area (Å²) in [5.74, 6) is -0.896. The van der Waals surface area contributed by atoms with E-state index in [4.69, 9.17) is 9.47 Å². The van der Waals surface area contributed by atoms with Crippen molar-refractivity contribution in [3.8, 4) is 0 Å². The normalized spacial score (nSPS) is 31.8. The predicted octanol–water partition coefficient (Wildman–Crippen LogP) is 1.16. The van der Waals surface area contributed by atoms with Gasteiger partial charge in [-0.2, -0.15) is 0 Å². The average molecular weight is 276 g/mol. The van der Waals surface area contributed by atoms with Gasteiger partial charge in [0.1, 0.15) is 12.2 Å². The zero-order valence-corrected chi connectivity index (χ0v) is 10.9. The van der Waals surface area contributed by atoms with Gasteiger partial charge in [-0.15, -0.1) is 0 Å². The summed E-state index contributed by atoms with van der Waals surface area (Å²) in [6.07, 6.45) is 0.152. The lowest BCUT2D eigenvalue weighted by Crippen LogP contribution is -2.28. The molecule has 2 fully saturated rings. The minimum absolute atomic E-state index is 0.0407. The molecule has 3 rings (SSSR count). The molecule has 0 amide bonds. The lowest BCUT2D eigenvalue weighted by molar-refractivity contribution is -0.141. The van der Waals surface area contributed by atoms with Crippen molar-refractivity contribution < 1.29 is 24.2 Å². The molecule has 5 nitrogen and oxygen atoms in total. The third-order valence-electron chi connectivity index (χ3n) is 4.13. The molecule has 0 radical (unpaired) electrons. The largest absolute Gasteiger partial charge is 0.462 e. The van der Waals surface area contributed by atoms with Crippen LogP contribution in [0.3, 0.4) is 0 Å². The number of ether oxygens (including phenoxy) is 2. The first kappa shape index (κ1) is 13.1. The first-order valence-electron chi connectivity index (χ1n) is 6.75. The molecular weight excluding hydrogens is 260 g/mol. The first-order valence-corrected chi connectivity index (χ1v) is 6.75. The van der Waals surface area contributed by atoms with Crippen LogP contribution >= 0.6 is 0 Å². The third kappa shape index (κ3) is 2.29. The molecule has 20 heavy (non-hydrogen) atoms. The van der Waals surface area contributed by atoms with E-state index in [0.29, 0.717) is 18.4 Å². The van der Waals surface area contributed by atoms with Crippen molar-refractivity contribution >= 4 is 11.9 Å². The molecule has 4 atom stereocenters. The monoisotopic (exact) mass is 276 g/mol. The van der Waals surface area contributed by atoms with Crippen molar-refractivity contribution in [1.82, 2.24) is 0 Å². The molecule has 1 heterocycles. The van der Waals surface area contributed by atoms with E-state index in [1.807, 2.05) is 6.07 Å². The van der Waals surface area contributed by atoms with Crippen molar-refractivity contribution in [2.75, 3.05) is 6.61 Å². The zero-order valence-electron chi connectivity index (χ0n) is 10.9. The summed E-state index contributed by atoms with van der Waals surface area (Å²) in [5, 5.41) is 9.50. The topological polar surface area (TPSA) is 72.8 Å². The number of rotatable bonds is 3. The SMILES string of the molecule is O=C1CC2C(C[C@@H](OC(=O)c3ccccc3)[C@@H]2CO)O1. The van der Waals surface area contributed by atoms with Crippen LogP contribution < -0.4 is 0 Å². The molecule has 106 valence electrons. The molecule has 1 aliphatic carbocycles. The van der Waals surface area contributed by atoms with Crippen LogP contribution in [0.1, 0.15) is 23.2 Å². The fourth-order valence-corrected chi connectivity index (χ4v) is 3.13. The standard InChI is InChI=1S/C15H16O5/c16-8-11-10-6-14(17)19-12(10)7-13(11)20-15(18)9-4-2-1-3-5-9/h1-5,10-13,16H,6-8H2/t10?,11-,12?,13-/m1/s1. The summed E-state index contributed by atoms with van der Waals surface area (Å²) in [6.45, 7) is -0.107. The molecule has 1 saturated carbocycles. The summed E-state index contributed by atoms with van der Waals surface area (Å²) >= 11 is 0. The second-order valence-electron chi connectivity index (χ2n) is 5.29. The molecule has 1 aliphatic heterocycles. The van der Waals surface area contributed by atoms with Gasteiger partial charge >= 0.3 is 11.9 Å². The van der Waals surface area contributed by atoms with Gasteiger partial charge in [0.15, 0.2) is 0 Å². The number of esters is 2. The Morgan fingerprint density at radius 1 is 1.35 bits per heavy atom. The van der Waals surface area contributed by atoms with E-state index in [0.717, 1.165) is 0 Å². The lowest BCUT2D eigenvalue weighted by atomic mass is 9.93. The maximum atomic E-state index is 12.0. The Kier molecular flexibility index (Phi) is 3.44. The minimum Gasteiger partial charge on any atom is -0.462 e. The molecule has 1 N–H and O–H groups in total. The molecule has 0 aromatic heterocycles. The highest BCUT2D eigenvalue weighted by molar-refractivity contribution is 5.89. The third-order valence-corrected chi connectivity index (χ3v) is 4.13. The number of carbonyl (C=O) groups excluding carboxylic acids is 2. The van der Waals surface area contributed by atoms with Crippen molar-refractivity contribution in [2.45, 2.75) is 25.0 Å². The van der Waals surface area contributed by atoms with Gasteiger partial charge in [0.25, 0.3) is 0 Å². The van der Waals surface area contributed by atoms with Crippen LogP contribution in [0.15, 0.2) is 30.3 Å². The van der Waals surface area contributed by atoms with Crippen LogP contribution in [0, 0.1) is 11.8 Å². The molecule has 5 heteroatoms. The fourth-order valence-electron chi connectivity index (χ4n) is 3.13. The molecule has 1 aromatic carbocycles. The van der Waals surface area contributed by atoms with Gasteiger partial charge < -0.3 is 14.6 Å². The maximum absolute atomic E-state index is 12.0. The van der Waals surface area contributed by atoms with E-state index >= 15 is 0 Å². The second kappa shape index (κ2) is 5.25. The molecular formula is C15H16O5. The number of hydrogen-bond acceptors (Lipinski definition) is 5. The van der Waals surface area contributed by atoms with E-state index in [1.54, 1.807) is 24.3 Å². The van der Waals surface area contributed by atoms with Crippen LogP contribution in [0.2, 0.25) is 0 Å². The highest BCUT2D eigenvalue weighted by Crippen LogP contribution is 2.42. The van der Waals surface area contributed by atoms with Gasteiger partial charge in [-0.25, -0.2) is 4.79 Å². The van der Waals surface area contributed by atoms with E-state index in [1.165, 1.54) is 0 Å². The summed E-state index contributed by atoms with van der Waals surface area (Å²) in [5.41, 5.74) is 0.484. The predicted molar refractivity (Wildman–Crippen MR) is 68.8 cm³/mol. The summed E-state index contributed by atoms with van der Waals surface area (Å²) < 4.78 is 10.7. The van der Waals surface area contributed by atoms with E-state index in [-0.39, 0.29) is 30.5 Å². The van der Waals surface area contributed by atoms with Crippen molar-refractivity contribution in [3.05, 3.63) is 35.9 Å². The van der Waals surface area contributed by atoms with Gasteiger partial charge in [0, 0.05) is 24.9 Å². The summed E-state index contributed by atoms with van der Waals surface area (Å²) in [6, 6.07) is 8.74. The first-order chi connectivity index (χ1) is 9.69. The quantitative estimate of drug-likeness (QED) is 0.839. The van der Waals surface area contributed by atoms with Gasteiger partial charge in [-0.3, -0.25) is 4.79 Å². The second-order valence-corrected chi connectivity index (χ2v) is 5.29. The van der Waals surface area contributed by atoms with Crippen molar-refractivity contribution in [2.24, 2.45) is 11.8 Å². The van der Waals surface area contributed by atoms with Gasteiger partial charge in [0.2, 0.25) is 0 Å². The number of hydrogen-bond donors (Lipinski definition) is 1. The van der Waals surface area contributed by atoms with Crippen LogP contribution in [0.4, 0.5) is 0 Å². The molecule has 1 saturated heterocycles. The highest BCUT2D eigenvalue weighted by atomic mass is 16.6. The van der Waals surface area contributed by atoms with Crippen LogP contribution in [0.25, 0.3) is 0 Å². The Labute approximate surface area is 116 Å². The number of fused-ring (bicyclic) bond motifs is 1. The molecule has 2 unspecified atom stereocenters. The maximum Gasteiger partial charge on any atom is 0.338 e. The Balaban J connectivity index is 1.69. The van der Waals surface area contributed by atoms with Crippen LogP contribution in [-0.2, 0) is 14.3 Å².